The van der Waals surface area contributed by atoms with Crippen molar-refractivity contribution in [2.75, 3.05) is 0 Å². The van der Waals surface area contributed by atoms with E-state index in [1.165, 1.54) is 94.2 Å². The minimum Gasteiger partial charge on any atom is -0.0622 e. The molecule has 0 heterocycles. The Hall–Kier alpha value is -6.76. The predicted molar refractivity (Wildman–Crippen MR) is 236 cm³/mol. The van der Waals surface area contributed by atoms with E-state index in [9.17, 15) is 0 Å². The standard InChI is InChI=1S/C38H26.C18H16/c1-2-12-28(13-3-1)29-14-10-11-26(24-29)23-27-21-22-33-32-17-6-9-20-36(32)38(37(33)25-27)34-18-7-4-15-30(34)31-16-5-8-19-35(31)38;1-2-14-12-13-17(15-8-4-3-5-9-15)18-11-7-6-10-16(14)18/h1-22,24-25H,23H2;3-13H,2H2,1H3. The maximum atomic E-state index is 2.49. The number of hydrogen-bond acceptors (Lipinski definition) is 0. The SMILES string of the molecule is CCc1ccc(-c2ccccc2)c2ccccc12.c1ccc(-c2cccc(Cc3ccc4c(c3)C3(c5ccccc5-c5ccccc53)c3ccccc3-4)c2)cc1. The normalized spacial score (nSPS) is 12.7. The zero-order valence-electron chi connectivity index (χ0n) is 31.6. The summed E-state index contributed by atoms with van der Waals surface area (Å²) in [5.74, 6) is 0. The van der Waals surface area contributed by atoms with Gasteiger partial charge < -0.3 is 0 Å². The summed E-state index contributed by atoms with van der Waals surface area (Å²) >= 11 is 0. The van der Waals surface area contributed by atoms with E-state index in [1.54, 1.807) is 0 Å². The molecule has 0 saturated heterocycles. The van der Waals surface area contributed by atoms with Gasteiger partial charge in [0.2, 0.25) is 0 Å². The molecule has 56 heavy (non-hydrogen) atoms. The number of benzene rings is 9. The third-order valence-corrected chi connectivity index (χ3v) is 12.0. The lowest BCUT2D eigenvalue weighted by atomic mass is 9.70. The summed E-state index contributed by atoms with van der Waals surface area (Å²) < 4.78 is 0. The summed E-state index contributed by atoms with van der Waals surface area (Å²) in [5, 5.41) is 2.73. The van der Waals surface area contributed by atoms with Crippen LogP contribution in [0.4, 0.5) is 0 Å². The van der Waals surface area contributed by atoms with Gasteiger partial charge in [-0.3, -0.25) is 0 Å². The number of aryl methyl sites for hydroxylation is 1. The highest BCUT2D eigenvalue weighted by Crippen LogP contribution is 2.62. The maximum Gasteiger partial charge on any atom is 0.0725 e. The highest BCUT2D eigenvalue weighted by atomic mass is 14.5. The van der Waals surface area contributed by atoms with E-state index >= 15 is 0 Å². The van der Waals surface area contributed by atoms with Crippen molar-refractivity contribution in [1.82, 2.24) is 0 Å². The summed E-state index contributed by atoms with van der Waals surface area (Å²) in [6.45, 7) is 2.21. The topological polar surface area (TPSA) is 0 Å². The minimum absolute atomic E-state index is 0.277. The molecule has 2 aliphatic carbocycles. The molecular weight excluding hydrogens is 673 g/mol. The van der Waals surface area contributed by atoms with Crippen LogP contribution in [0.2, 0.25) is 0 Å². The van der Waals surface area contributed by atoms with Gasteiger partial charge in [0, 0.05) is 0 Å². The van der Waals surface area contributed by atoms with E-state index < -0.39 is 0 Å². The fourth-order valence-electron chi connectivity index (χ4n) is 9.52. The van der Waals surface area contributed by atoms with Crippen LogP contribution < -0.4 is 0 Å². The van der Waals surface area contributed by atoms with Crippen molar-refractivity contribution >= 4 is 10.8 Å². The fraction of sp³-hybridized carbons (Fsp3) is 0.0714. The Morgan fingerprint density at radius 3 is 1.43 bits per heavy atom. The van der Waals surface area contributed by atoms with Gasteiger partial charge in [-0.05, 0) is 107 Å². The molecule has 0 saturated carbocycles. The summed E-state index contributed by atoms with van der Waals surface area (Å²) in [5.41, 5.74) is 20.0. The Morgan fingerprint density at radius 2 is 0.804 bits per heavy atom. The number of fused-ring (bicyclic) bond motifs is 11. The molecule has 9 aromatic carbocycles. The molecule has 0 unspecified atom stereocenters. The second-order valence-electron chi connectivity index (χ2n) is 15.0. The van der Waals surface area contributed by atoms with Crippen molar-refractivity contribution in [3.63, 3.8) is 0 Å². The molecule has 0 N–H and O–H groups in total. The molecule has 0 amide bonds. The molecule has 0 bridgehead atoms. The average Bonchev–Trinajstić information content (AvgIpc) is 3.74. The molecule has 0 aromatic heterocycles. The lowest BCUT2D eigenvalue weighted by Gasteiger charge is -2.30. The molecule has 0 aliphatic heterocycles. The van der Waals surface area contributed by atoms with Crippen LogP contribution in [0.3, 0.4) is 0 Å². The van der Waals surface area contributed by atoms with E-state index in [1.807, 2.05) is 0 Å². The van der Waals surface area contributed by atoms with Crippen molar-refractivity contribution in [2.24, 2.45) is 0 Å². The third kappa shape index (κ3) is 5.52. The van der Waals surface area contributed by atoms with Crippen LogP contribution >= 0.6 is 0 Å². The molecule has 0 heteroatoms. The second kappa shape index (κ2) is 14.1. The van der Waals surface area contributed by atoms with Crippen LogP contribution in [0, 0.1) is 0 Å². The van der Waals surface area contributed by atoms with Crippen molar-refractivity contribution in [2.45, 2.75) is 25.2 Å². The molecule has 0 fully saturated rings. The Kier molecular flexibility index (Phi) is 8.53. The zero-order chi connectivity index (χ0) is 37.5. The first-order chi connectivity index (χ1) is 27.7. The van der Waals surface area contributed by atoms with Gasteiger partial charge in [0.05, 0.1) is 5.41 Å². The highest BCUT2D eigenvalue weighted by molar-refractivity contribution is 5.99. The quantitative estimate of drug-likeness (QED) is 0.166. The lowest BCUT2D eigenvalue weighted by molar-refractivity contribution is 0.792. The summed E-state index contributed by atoms with van der Waals surface area (Å²) in [6.07, 6.45) is 1.99. The molecule has 1 spiro atoms. The summed E-state index contributed by atoms with van der Waals surface area (Å²) in [4.78, 5) is 0. The average molecular weight is 715 g/mol. The first kappa shape index (κ1) is 33.8. The van der Waals surface area contributed by atoms with E-state index in [0.29, 0.717) is 0 Å². The van der Waals surface area contributed by atoms with Gasteiger partial charge >= 0.3 is 0 Å². The molecule has 266 valence electrons. The third-order valence-electron chi connectivity index (χ3n) is 12.0. The van der Waals surface area contributed by atoms with Gasteiger partial charge in [-0.15, -0.1) is 0 Å². The van der Waals surface area contributed by atoms with Gasteiger partial charge in [0.25, 0.3) is 0 Å². The van der Waals surface area contributed by atoms with Crippen molar-refractivity contribution < 1.29 is 0 Å². The van der Waals surface area contributed by atoms with Gasteiger partial charge in [-0.2, -0.15) is 0 Å². The summed E-state index contributed by atoms with van der Waals surface area (Å²) in [6, 6.07) is 77.7. The smallest absolute Gasteiger partial charge is 0.0622 e. The molecule has 0 radical (unpaired) electrons. The summed E-state index contributed by atoms with van der Waals surface area (Å²) in [7, 11) is 0. The highest BCUT2D eigenvalue weighted by Gasteiger charge is 2.51. The fourth-order valence-corrected chi connectivity index (χ4v) is 9.52. The van der Waals surface area contributed by atoms with Crippen LogP contribution in [0.5, 0.6) is 0 Å². The molecule has 0 atom stereocenters. The Labute approximate surface area is 330 Å². The van der Waals surface area contributed by atoms with Gasteiger partial charge in [-0.1, -0.05) is 219 Å². The number of rotatable bonds is 5. The van der Waals surface area contributed by atoms with Crippen LogP contribution in [0.1, 0.15) is 45.9 Å². The molecule has 11 rings (SSSR count). The molecule has 2 aliphatic rings. The van der Waals surface area contributed by atoms with Crippen LogP contribution in [0.25, 0.3) is 55.3 Å². The van der Waals surface area contributed by atoms with E-state index in [-0.39, 0.29) is 5.41 Å². The van der Waals surface area contributed by atoms with Crippen molar-refractivity contribution in [3.05, 3.63) is 251 Å². The molecular formula is C56H42. The van der Waals surface area contributed by atoms with E-state index in [0.717, 1.165) is 12.8 Å². The second-order valence-corrected chi connectivity index (χ2v) is 15.0. The minimum atomic E-state index is -0.277. The van der Waals surface area contributed by atoms with Crippen LogP contribution in [-0.2, 0) is 18.3 Å². The predicted octanol–water partition coefficient (Wildman–Crippen LogP) is 14.4. The Morgan fingerprint density at radius 1 is 0.321 bits per heavy atom. The van der Waals surface area contributed by atoms with Gasteiger partial charge in [-0.25, -0.2) is 0 Å². The van der Waals surface area contributed by atoms with Gasteiger partial charge in [0.1, 0.15) is 0 Å². The first-order valence-corrected chi connectivity index (χ1v) is 19.9. The number of hydrogen-bond donors (Lipinski definition) is 0. The molecule has 9 aromatic rings. The van der Waals surface area contributed by atoms with Gasteiger partial charge in [0.15, 0.2) is 0 Å². The Balaban J connectivity index is 0.000000179. The zero-order valence-corrected chi connectivity index (χ0v) is 31.6. The lowest BCUT2D eigenvalue weighted by Crippen LogP contribution is -2.26. The monoisotopic (exact) mass is 714 g/mol. The van der Waals surface area contributed by atoms with Crippen molar-refractivity contribution in [3.8, 4) is 44.5 Å². The molecule has 0 nitrogen and oxygen atoms in total. The van der Waals surface area contributed by atoms with E-state index in [2.05, 4.69) is 219 Å². The maximum absolute atomic E-state index is 2.49. The van der Waals surface area contributed by atoms with Crippen LogP contribution in [0.15, 0.2) is 212 Å². The first-order valence-electron chi connectivity index (χ1n) is 19.9. The van der Waals surface area contributed by atoms with Crippen LogP contribution in [-0.4, -0.2) is 0 Å². The van der Waals surface area contributed by atoms with Crippen molar-refractivity contribution in [1.29, 1.82) is 0 Å². The Bertz CT molecular complexity index is 2800. The van der Waals surface area contributed by atoms with E-state index in [4.69, 9.17) is 0 Å². The largest absolute Gasteiger partial charge is 0.0725 e.